The number of rotatable bonds is 7. The summed E-state index contributed by atoms with van der Waals surface area (Å²) in [6.45, 7) is 0. The van der Waals surface area contributed by atoms with Gasteiger partial charge in [0.05, 0.1) is 5.75 Å². The third kappa shape index (κ3) is 4.19. The fourth-order valence-corrected chi connectivity index (χ4v) is 3.28. The molecular formula is C17H19N5O2S. The van der Waals surface area contributed by atoms with Gasteiger partial charge in [-0.15, -0.1) is 10.2 Å². The topological polar surface area (TPSA) is 88.9 Å². The Hall–Kier alpha value is -2.35. The van der Waals surface area contributed by atoms with E-state index in [2.05, 4.69) is 20.8 Å². The summed E-state index contributed by atoms with van der Waals surface area (Å²) in [5, 5.41) is 14.5. The molecule has 0 saturated heterocycles. The highest BCUT2D eigenvalue weighted by Crippen LogP contribution is 2.37. The van der Waals surface area contributed by atoms with Crippen molar-refractivity contribution in [3.8, 4) is 0 Å². The van der Waals surface area contributed by atoms with Gasteiger partial charge in [-0.1, -0.05) is 17.8 Å². The Morgan fingerprint density at radius 3 is 2.84 bits per heavy atom. The molecule has 2 N–H and O–H groups in total. The quantitative estimate of drug-likeness (QED) is 0.742. The highest BCUT2D eigenvalue weighted by atomic mass is 32.2. The van der Waals surface area contributed by atoms with Crippen LogP contribution in [0.15, 0.2) is 35.7 Å². The fraction of sp³-hybridized carbons (Fsp3) is 0.412. The highest BCUT2D eigenvalue weighted by Gasteiger charge is 2.26. The first-order valence-electron chi connectivity index (χ1n) is 8.42. The summed E-state index contributed by atoms with van der Waals surface area (Å²) in [5.41, 5.74) is 1.18. The molecule has 8 heteroatoms. The number of nitrogens with one attached hydrogen (secondary N) is 2. The van der Waals surface area contributed by atoms with E-state index in [1.54, 1.807) is 30.6 Å². The van der Waals surface area contributed by atoms with Crippen LogP contribution < -0.4 is 10.6 Å². The van der Waals surface area contributed by atoms with Crippen molar-refractivity contribution in [2.45, 2.75) is 42.9 Å². The molecule has 0 atom stereocenters. The number of carbonyl (C=O) groups is 2. The van der Waals surface area contributed by atoms with Crippen LogP contribution >= 0.6 is 11.8 Å². The second-order valence-electron chi connectivity index (χ2n) is 6.42. The maximum Gasteiger partial charge on any atom is 0.251 e. The van der Waals surface area contributed by atoms with E-state index < -0.39 is 0 Å². The van der Waals surface area contributed by atoms with Crippen LogP contribution in [0.2, 0.25) is 0 Å². The molecule has 130 valence electrons. The molecule has 1 heterocycles. The fourth-order valence-electron chi connectivity index (χ4n) is 2.50. The van der Waals surface area contributed by atoms with Crippen LogP contribution in [0, 0.1) is 0 Å². The molecule has 0 radical (unpaired) electrons. The molecule has 0 aliphatic heterocycles. The molecule has 2 aromatic rings. The highest BCUT2D eigenvalue weighted by molar-refractivity contribution is 7.99. The molecule has 2 amide bonds. The van der Waals surface area contributed by atoms with Crippen molar-refractivity contribution in [1.29, 1.82) is 0 Å². The lowest BCUT2D eigenvalue weighted by Crippen LogP contribution is -2.25. The van der Waals surface area contributed by atoms with Gasteiger partial charge in [0.15, 0.2) is 5.16 Å². The lowest BCUT2D eigenvalue weighted by atomic mass is 10.2. The van der Waals surface area contributed by atoms with E-state index in [4.69, 9.17) is 0 Å². The maximum absolute atomic E-state index is 12.2. The molecule has 0 bridgehead atoms. The van der Waals surface area contributed by atoms with E-state index in [0.717, 1.165) is 30.8 Å². The van der Waals surface area contributed by atoms with Crippen LogP contribution in [0.1, 0.15) is 42.1 Å². The number of hydrogen-bond acceptors (Lipinski definition) is 5. The van der Waals surface area contributed by atoms with E-state index in [0.29, 0.717) is 23.3 Å². The predicted octanol–water partition coefficient (Wildman–Crippen LogP) is 2.24. The van der Waals surface area contributed by atoms with Gasteiger partial charge in [-0.3, -0.25) is 9.59 Å². The Bertz CT molecular complexity index is 798. The first-order valence-corrected chi connectivity index (χ1v) is 9.41. The molecule has 2 fully saturated rings. The monoisotopic (exact) mass is 357 g/mol. The summed E-state index contributed by atoms with van der Waals surface area (Å²) >= 11 is 1.37. The molecule has 2 aliphatic carbocycles. The number of thioether (sulfide) groups is 1. The molecule has 25 heavy (non-hydrogen) atoms. The molecule has 2 saturated carbocycles. The lowest BCUT2D eigenvalue weighted by Gasteiger charge is -2.08. The second kappa shape index (κ2) is 6.87. The largest absolute Gasteiger partial charge is 0.349 e. The van der Waals surface area contributed by atoms with Gasteiger partial charge in [-0.2, -0.15) is 0 Å². The minimum atomic E-state index is -0.130. The zero-order valence-electron chi connectivity index (χ0n) is 13.6. The molecule has 2 aliphatic rings. The van der Waals surface area contributed by atoms with E-state index in [1.165, 1.54) is 11.8 Å². The van der Waals surface area contributed by atoms with Gasteiger partial charge in [-0.05, 0) is 43.9 Å². The third-order valence-electron chi connectivity index (χ3n) is 4.13. The zero-order valence-corrected chi connectivity index (χ0v) is 14.5. The Balaban J connectivity index is 1.32. The number of anilines is 1. The molecule has 0 spiro atoms. The van der Waals surface area contributed by atoms with Crippen molar-refractivity contribution in [2.24, 2.45) is 0 Å². The Labute approximate surface area is 149 Å². The molecule has 1 aromatic heterocycles. The van der Waals surface area contributed by atoms with Crippen LogP contribution in [0.25, 0.3) is 0 Å². The summed E-state index contributed by atoms with van der Waals surface area (Å²) in [6, 6.07) is 7.80. The summed E-state index contributed by atoms with van der Waals surface area (Å²) in [5.74, 6) is 0.0322. The van der Waals surface area contributed by atoms with Gasteiger partial charge < -0.3 is 15.2 Å². The molecule has 0 unspecified atom stereocenters. The molecule has 4 rings (SSSR count). The van der Waals surface area contributed by atoms with E-state index in [-0.39, 0.29) is 17.6 Å². The SMILES string of the molecule is O=C(CSc1nncn1C1CC1)Nc1cccc(C(=O)NC2CC2)c1. The van der Waals surface area contributed by atoms with Gasteiger partial charge in [0, 0.05) is 23.3 Å². The van der Waals surface area contributed by atoms with E-state index in [9.17, 15) is 9.59 Å². The van der Waals surface area contributed by atoms with Crippen molar-refractivity contribution >= 4 is 29.3 Å². The van der Waals surface area contributed by atoms with Crippen molar-refractivity contribution in [1.82, 2.24) is 20.1 Å². The number of nitrogens with zero attached hydrogens (tertiary/aromatic N) is 3. The second-order valence-corrected chi connectivity index (χ2v) is 7.36. The number of aromatic nitrogens is 3. The van der Waals surface area contributed by atoms with Crippen molar-refractivity contribution in [3.05, 3.63) is 36.2 Å². The van der Waals surface area contributed by atoms with Gasteiger partial charge in [0.2, 0.25) is 5.91 Å². The number of carbonyl (C=O) groups excluding carboxylic acids is 2. The Kier molecular flexibility index (Phi) is 4.44. The number of hydrogen-bond donors (Lipinski definition) is 2. The lowest BCUT2D eigenvalue weighted by molar-refractivity contribution is -0.113. The Morgan fingerprint density at radius 1 is 1.24 bits per heavy atom. The maximum atomic E-state index is 12.2. The number of benzene rings is 1. The average Bonchev–Trinajstić information content (AvgIpc) is 3.54. The first kappa shape index (κ1) is 16.1. The summed E-state index contributed by atoms with van der Waals surface area (Å²) < 4.78 is 2.03. The van der Waals surface area contributed by atoms with E-state index >= 15 is 0 Å². The van der Waals surface area contributed by atoms with Gasteiger partial charge >= 0.3 is 0 Å². The Morgan fingerprint density at radius 2 is 2.08 bits per heavy atom. The first-order chi connectivity index (χ1) is 12.2. The standard InChI is InChI=1S/C17H19N5O2S/c23-15(9-25-17-21-18-10-22(17)14-6-7-14)19-13-3-1-2-11(8-13)16(24)20-12-4-5-12/h1-3,8,10,12,14H,4-7,9H2,(H,19,23)(H,20,24). The van der Waals surface area contributed by atoms with Crippen LogP contribution in [0.5, 0.6) is 0 Å². The zero-order chi connectivity index (χ0) is 17.2. The summed E-state index contributed by atoms with van der Waals surface area (Å²) in [7, 11) is 0. The smallest absolute Gasteiger partial charge is 0.251 e. The molecule has 1 aromatic carbocycles. The minimum Gasteiger partial charge on any atom is -0.349 e. The van der Waals surface area contributed by atoms with Crippen LogP contribution in [0.3, 0.4) is 0 Å². The van der Waals surface area contributed by atoms with E-state index in [1.807, 2.05) is 4.57 Å². The minimum absolute atomic E-state index is 0.0921. The molecular weight excluding hydrogens is 338 g/mol. The number of amides is 2. The average molecular weight is 357 g/mol. The third-order valence-corrected chi connectivity index (χ3v) is 5.09. The van der Waals surface area contributed by atoms with Crippen LogP contribution in [-0.4, -0.2) is 38.4 Å². The normalized spacial score (nSPS) is 16.5. The van der Waals surface area contributed by atoms with Gasteiger partial charge in [0.25, 0.3) is 5.91 Å². The summed E-state index contributed by atoms with van der Waals surface area (Å²) in [6.07, 6.45) is 6.11. The predicted molar refractivity (Wildman–Crippen MR) is 94.6 cm³/mol. The van der Waals surface area contributed by atoms with Crippen molar-refractivity contribution in [3.63, 3.8) is 0 Å². The van der Waals surface area contributed by atoms with Crippen molar-refractivity contribution < 1.29 is 9.59 Å². The van der Waals surface area contributed by atoms with Crippen molar-refractivity contribution in [2.75, 3.05) is 11.1 Å². The molecule has 7 nitrogen and oxygen atoms in total. The van der Waals surface area contributed by atoms with Gasteiger partial charge in [-0.25, -0.2) is 0 Å². The van der Waals surface area contributed by atoms with Gasteiger partial charge in [0.1, 0.15) is 6.33 Å². The van der Waals surface area contributed by atoms with Crippen LogP contribution in [0.4, 0.5) is 5.69 Å². The summed E-state index contributed by atoms with van der Waals surface area (Å²) in [4.78, 5) is 24.3. The van der Waals surface area contributed by atoms with Crippen LogP contribution in [-0.2, 0) is 4.79 Å².